The molecule has 2 heterocycles. The van der Waals surface area contributed by atoms with Gasteiger partial charge >= 0.3 is 0 Å². The third-order valence-electron chi connectivity index (χ3n) is 5.15. The van der Waals surface area contributed by atoms with Crippen LogP contribution in [0.15, 0.2) is 78.6 Å². The topological polar surface area (TPSA) is 79.7 Å². The van der Waals surface area contributed by atoms with Crippen LogP contribution in [0, 0.1) is 5.82 Å². The molecule has 1 aliphatic heterocycles. The lowest BCUT2D eigenvalue weighted by Gasteiger charge is -2.25. The fourth-order valence-corrected chi connectivity index (χ4v) is 3.72. The maximum Gasteiger partial charge on any atom is 0.295 e. The molecule has 1 saturated heterocycles. The van der Waals surface area contributed by atoms with Gasteiger partial charge in [-0.25, -0.2) is 4.39 Å². The van der Waals surface area contributed by atoms with Crippen molar-refractivity contribution in [1.29, 1.82) is 0 Å². The molecular formula is C24H19FN2O4. The lowest BCUT2D eigenvalue weighted by molar-refractivity contribution is -0.140. The molecule has 1 aliphatic rings. The van der Waals surface area contributed by atoms with E-state index in [1.807, 2.05) is 6.07 Å². The van der Waals surface area contributed by atoms with Crippen LogP contribution in [0.3, 0.4) is 0 Å². The van der Waals surface area contributed by atoms with Crippen LogP contribution in [0.1, 0.15) is 22.7 Å². The van der Waals surface area contributed by atoms with Crippen LogP contribution < -0.4 is 4.74 Å². The molecule has 0 saturated carbocycles. The summed E-state index contributed by atoms with van der Waals surface area (Å²) in [7, 11) is 1.37. The summed E-state index contributed by atoms with van der Waals surface area (Å²) in [5, 5.41) is 11.1. The molecule has 1 aromatic heterocycles. The first-order valence-electron chi connectivity index (χ1n) is 9.57. The number of aliphatic hydroxyl groups excluding tert-OH is 1. The first kappa shape index (κ1) is 20.3. The highest BCUT2D eigenvalue weighted by molar-refractivity contribution is 6.46. The number of nitrogens with zero attached hydrogens (tertiary/aromatic N) is 2. The molecule has 2 aromatic carbocycles. The average Bonchev–Trinajstić information content (AvgIpc) is 3.04. The standard InChI is InChI=1S/C24H19FN2O4/c1-31-19-10-9-17(25)12-18(19)22(28)20-21(16-7-3-2-4-8-16)27(24(30)23(20)29)14-15-6-5-11-26-13-15/h2-13,21,28H,14H2,1H3/b22-20+. The number of aromatic nitrogens is 1. The van der Waals surface area contributed by atoms with Gasteiger partial charge in [0.2, 0.25) is 0 Å². The molecule has 0 aliphatic carbocycles. The van der Waals surface area contributed by atoms with Crippen molar-refractivity contribution in [2.75, 3.05) is 7.11 Å². The van der Waals surface area contributed by atoms with Gasteiger partial charge in [-0.05, 0) is 35.4 Å². The molecular weight excluding hydrogens is 399 g/mol. The maximum absolute atomic E-state index is 13.9. The maximum atomic E-state index is 13.9. The van der Waals surface area contributed by atoms with E-state index in [2.05, 4.69) is 4.98 Å². The van der Waals surface area contributed by atoms with E-state index in [-0.39, 0.29) is 23.4 Å². The summed E-state index contributed by atoms with van der Waals surface area (Å²) < 4.78 is 19.2. The summed E-state index contributed by atoms with van der Waals surface area (Å²) in [6, 6.07) is 15.2. The Morgan fingerprint density at radius 1 is 1.13 bits per heavy atom. The number of pyridine rings is 1. The van der Waals surface area contributed by atoms with E-state index in [9.17, 15) is 19.1 Å². The van der Waals surface area contributed by atoms with Gasteiger partial charge in [0, 0.05) is 18.9 Å². The van der Waals surface area contributed by atoms with Gasteiger partial charge in [0.1, 0.15) is 17.3 Å². The Bertz CT molecular complexity index is 1160. The number of hydrogen-bond acceptors (Lipinski definition) is 5. The van der Waals surface area contributed by atoms with Gasteiger partial charge in [-0.2, -0.15) is 0 Å². The highest BCUT2D eigenvalue weighted by Crippen LogP contribution is 2.41. The molecule has 4 rings (SSSR count). The minimum Gasteiger partial charge on any atom is -0.507 e. The average molecular weight is 418 g/mol. The van der Waals surface area contributed by atoms with Crippen LogP contribution in [0.5, 0.6) is 5.75 Å². The number of hydrogen-bond donors (Lipinski definition) is 1. The largest absolute Gasteiger partial charge is 0.507 e. The van der Waals surface area contributed by atoms with E-state index in [1.165, 1.54) is 24.1 Å². The number of amides is 1. The summed E-state index contributed by atoms with van der Waals surface area (Å²) in [6.45, 7) is 0.120. The van der Waals surface area contributed by atoms with Gasteiger partial charge < -0.3 is 14.7 Å². The molecule has 156 valence electrons. The van der Waals surface area contributed by atoms with E-state index in [4.69, 9.17) is 4.74 Å². The van der Waals surface area contributed by atoms with Gasteiger partial charge in [0.05, 0.1) is 24.3 Å². The van der Waals surface area contributed by atoms with Crippen LogP contribution in [-0.4, -0.2) is 33.8 Å². The second kappa shape index (κ2) is 8.39. The van der Waals surface area contributed by atoms with Gasteiger partial charge in [0.25, 0.3) is 11.7 Å². The molecule has 1 N–H and O–H groups in total. The zero-order chi connectivity index (χ0) is 22.0. The number of carbonyl (C=O) groups is 2. The predicted molar refractivity (Wildman–Crippen MR) is 111 cm³/mol. The predicted octanol–water partition coefficient (Wildman–Crippen LogP) is 3.85. The van der Waals surface area contributed by atoms with Crippen molar-refractivity contribution in [2.45, 2.75) is 12.6 Å². The molecule has 1 fully saturated rings. The zero-order valence-corrected chi connectivity index (χ0v) is 16.7. The number of rotatable bonds is 5. The lowest BCUT2D eigenvalue weighted by atomic mass is 9.95. The van der Waals surface area contributed by atoms with Crippen molar-refractivity contribution in [2.24, 2.45) is 0 Å². The minimum atomic E-state index is -0.852. The third-order valence-corrected chi connectivity index (χ3v) is 5.15. The molecule has 0 radical (unpaired) electrons. The number of halogens is 1. The molecule has 1 amide bonds. The number of likely N-dealkylation sites (tertiary alicyclic amines) is 1. The molecule has 1 atom stereocenters. The van der Waals surface area contributed by atoms with Crippen LogP contribution in [0.25, 0.3) is 5.76 Å². The Morgan fingerprint density at radius 3 is 2.58 bits per heavy atom. The quantitative estimate of drug-likeness (QED) is 0.387. The van der Waals surface area contributed by atoms with Gasteiger partial charge in [-0.1, -0.05) is 36.4 Å². The van der Waals surface area contributed by atoms with Crippen molar-refractivity contribution in [3.63, 3.8) is 0 Å². The van der Waals surface area contributed by atoms with Crippen LogP contribution in [-0.2, 0) is 16.1 Å². The molecule has 0 bridgehead atoms. The van der Waals surface area contributed by atoms with Crippen molar-refractivity contribution >= 4 is 17.4 Å². The van der Waals surface area contributed by atoms with E-state index in [0.29, 0.717) is 5.56 Å². The summed E-state index contributed by atoms with van der Waals surface area (Å²) in [5.74, 6) is -2.51. The number of Topliss-reactive ketones (excluding diaryl/α,β-unsaturated/α-hetero) is 1. The summed E-state index contributed by atoms with van der Waals surface area (Å²) in [6.07, 6.45) is 3.22. The number of carbonyl (C=O) groups excluding carboxylic acids is 2. The smallest absolute Gasteiger partial charge is 0.295 e. The van der Waals surface area contributed by atoms with Gasteiger partial charge in [-0.3, -0.25) is 14.6 Å². The molecule has 3 aromatic rings. The van der Waals surface area contributed by atoms with Crippen LogP contribution in [0.4, 0.5) is 4.39 Å². The van der Waals surface area contributed by atoms with Crippen molar-refractivity contribution in [3.8, 4) is 5.75 Å². The van der Waals surface area contributed by atoms with Crippen molar-refractivity contribution in [3.05, 3.63) is 101 Å². The van der Waals surface area contributed by atoms with Crippen LogP contribution in [0.2, 0.25) is 0 Å². The Balaban J connectivity index is 1.90. The molecule has 7 heteroatoms. The van der Waals surface area contributed by atoms with Crippen molar-refractivity contribution < 1.29 is 23.8 Å². The summed E-state index contributed by atoms with van der Waals surface area (Å²) >= 11 is 0. The fraction of sp³-hybridized carbons (Fsp3) is 0.125. The minimum absolute atomic E-state index is 0.00260. The Labute approximate surface area is 178 Å². The third kappa shape index (κ3) is 3.77. The van der Waals surface area contributed by atoms with E-state index in [0.717, 1.165) is 11.6 Å². The summed E-state index contributed by atoms with van der Waals surface area (Å²) in [4.78, 5) is 31.4. The zero-order valence-electron chi connectivity index (χ0n) is 16.7. The van der Waals surface area contributed by atoms with E-state index >= 15 is 0 Å². The second-order valence-corrected chi connectivity index (χ2v) is 7.04. The fourth-order valence-electron chi connectivity index (χ4n) is 3.72. The Hall–Kier alpha value is -4.00. The Morgan fingerprint density at radius 2 is 1.90 bits per heavy atom. The highest BCUT2D eigenvalue weighted by Gasteiger charge is 2.46. The Kier molecular flexibility index (Phi) is 5.49. The second-order valence-electron chi connectivity index (χ2n) is 7.04. The first-order valence-corrected chi connectivity index (χ1v) is 9.57. The number of ketones is 1. The van der Waals surface area contributed by atoms with Gasteiger partial charge in [-0.15, -0.1) is 0 Å². The number of ether oxygens (including phenoxy) is 1. The summed E-state index contributed by atoms with van der Waals surface area (Å²) in [5.41, 5.74) is 1.25. The lowest BCUT2D eigenvalue weighted by Crippen LogP contribution is -2.29. The number of aliphatic hydroxyl groups is 1. The number of methoxy groups -OCH3 is 1. The normalized spacial score (nSPS) is 17.7. The van der Waals surface area contributed by atoms with E-state index < -0.39 is 29.3 Å². The van der Waals surface area contributed by atoms with E-state index in [1.54, 1.807) is 48.8 Å². The monoisotopic (exact) mass is 418 g/mol. The molecule has 1 unspecified atom stereocenters. The molecule has 6 nitrogen and oxygen atoms in total. The molecule has 31 heavy (non-hydrogen) atoms. The first-order chi connectivity index (χ1) is 15.0. The van der Waals surface area contributed by atoms with Gasteiger partial charge in [0.15, 0.2) is 0 Å². The SMILES string of the molecule is COc1ccc(F)cc1/C(O)=C1\C(=O)C(=O)N(Cc2cccnc2)C1c1ccccc1. The number of benzene rings is 2. The van der Waals surface area contributed by atoms with Crippen LogP contribution >= 0.6 is 0 Å². The van der Waals surface area contributed by atoms with Crippen molar-refractivity contribution in [1.82, 2.24) is 9.88 Å². The molecule has 0 spiro atoms. The highest BCUT2D eigenvalue weighted by atomic mass is 19.1.